The lowest BCUT2D eigenvalue weighted by Crippen LogP contribution is -2.33. The predicted molar refractivity (Wildman–Crippen MR) is 111 cm³/mol. The molecule has 28 heavy (non-hydrogen) atoms. The molecular weight excluding hydrogens is 403 g/mol. The standard InChI is InChI=1S/C19H18Cl2N4O3/c1-11-5-3-4-6-16(11)23-18(27)19(28)25-24-12(2)9-17(26)22-13-7-8-14(20)15(21)10-13/h3-8,10H,9H2,1-2H3,(H,22,26)(H,23,27)(H,25,28)/b24-12+. The molecule has 9 heteroatoms. The maximum atomic E-state index is 12.0. The Morgan fingerprint density at radius 3 is 2.36 bits per heavy atom. The summed E-state index contributed by atoms with van der Waals surface area (Å²) in [6, 6.07) is 11.7. The lowest BCUT2D eigenvalue weighted by atomic mass is 10.2. The van der Waals surface area contributed by atoms with Crippen LogP contribution in [0.25, 0.3) is 0 Å². The molecular formula is C19H18Cl2N4O3. The first kappa shape index (κ1) is 21.4. The molecule has 3 N–H and O–H groups in total. The summed E-state index contributed by atoms with van der Waals surface area (Å²) in [4.78, 5) is 35.8. The van der Waals surface area contributed by atoms with Gasteiger partial charge in [0, 0.05) is 17.1 Å². The Kier molecular flexibility index (Phi) is 7.54. The van der Waals surface area contributed by atoms with Crippen molar-refractivity contribution < 1.29 is 14.4 Å². The molecule has 2 rings (SSSR count). The number of para-hydroxylation sites is 1. The van der Waals surface area contributed by atoms with Crippen molar-refractivity contribution in [1.29, 1.82) is 0 Å². The number of nitrogens with one attached hydrogen (secondary N) is 3. The number of carbonyl (C=O) groups is 3. The largest absolute Gasteiger partial charge is 0.329 e. The summed E-state index contributed by atoms with van der Waals surface area (Å²) in [6.45, 7) is 3.36. The molecule has 0 fully saturated rings. The van der Waals surface area contributed by atoms with E-state index in [1.165, 1.54) is 6.07 Å². The SMILES string of the molecule is C/C(CC(=O)Nc1ccc(Cl)c(Cl)c1)=N\NC(=O)C(=O)Nc1ccccc1C. The van der Waals surface area contributed by atoms with E-state index >= 15 is 0 Å². The molecule has 2 aromatic rings. The Morgan fingerprint density at radius 2 is 1.68 bits per heavy atom. The second-order valence-corrected chi connectivity index (χ2v) is 6.73. The van der Waals surface area contributed by atoms with Gasteiger partial charge in [-0.2, -0.15) is 5.10 Å². The van der Waals surface area contributed by atoms with Crippen LogP contribution < -0.4 is 16.1 Å². The molecule has 146 valence electrons. The molecule has 2 aromatic carbocycles. The Morgan fingerprint density at radius 1 is 0.964 bits per heavy atom. The monoisotopic (exact) mass is 420 g/mol. The molecule has 0 aromatic heterocycles. The zero-order valence-electron chi connectivity index (χ0n) is 15.2. The minimum Gasteiger partial charge on any atom is -0.326 e. The van der Waals surface area contributed by atoms with Crippen molar-refractivity contribution in [1.82, 2.24) is 5.43 Å². The van der Waals surface area contributed by atoms with E-state index in [1.54, 1.807) is 31.2 Å². The third-order valence-electron chi connectivity index (χ3n) is 3.57. The number of carbonyl (C=O) groups excluding carboxylic acids is 3. The number of nitrogens with zero attached hydrogens (tertiary/aromatic N) is 1. The first-order valence-corrected chi connectivity index (χ1v) is 8.97. The van der Waals surface area contributed by atoms with Gasteiger partial charge in [0.25, 0.3) is 0 Å². The number of aryl methyl sites for hydroxylation is 1. The number of hydrogen-bond acceptors (Lipinski definition) is 4. The molecule has 0 saturated heterocycles. The summed E-state index contributed by atoms with van der Waals surface area (Å²) in [5.41, 5.74) is 4.27. The highest BCUT2D eigenvalue weighted by atomic mass is 35.5. The minimum atomic E-state index is -0.938. The highest BCUT2D eigenvalue weighted by Gasteiger charge is 2.14. The molecule has 0 saturated carbocycles. The van der Waals surface area contributed by atoms with Gasteiger partial charge in [0.2, 0.25) is 5.91 Å². The van der Waals surface area contributed by atoms with Crippen LogP contribution in [0.1, 0.15) is 18.9 Å². The normalized spacial score (nSPS) is 10.9. The van der Waals surface area contributed by atoms with E-state index in [2.05, 4.69) is 21.2 Å². The smallest absolute Gasteiger partial charge is 0.326 e. The summed E-state index contributed by atoms with van der Waals surface area (Å²) >= 11 is 11.7. The van der Waals surface area contributed by atoms with E-state index in [4.69, 9.17) is 23.2 Å². The third-order valence-corrected chi connectivity index (χ3v) is 4.31. The van der Waals surface area contributed by atoms with Crippen molar-refractivity contribution in [3.63, 3.8) is 0 Å². The fourth-order valence-corrected chi connectivity index (χ4v) is 2.44. The summed E-state index contributed by atoms with van der Waals surface area (Å²) in [5.74, 6) is -2.16. The van der Waals surface area contributed by atoms with Gasteiger partial charge < -0.3 is 10.6 Å². The van der Waals surface area contributed by atoms with Crippen LogP contribution in [0.3, 0.4) is 0 Å². The topological polar surface area (TPSA) is 99.7 Å². The van der Waals surface area contributed by atoms with E-state index in [0.717, 1.165) is 5.56 Å². The summed E-state index contributed by atoms with van der Waals surface area (Å²) in [5, 5.41) is 9.60. The number of rotatable bonds is 5. The van der Waals surface area contributed by atoms with Gasteiger partial charge in [-0.3, -0.25) is 14.4 Å². The number of anilines is 2. The van der Waals surface area contributed by atoms with Crippen LogP contribution in [-0.2, 0) is 14.4 Å². The first-order valence-electron chi connectivity index (χ1n) is 8.21. The van der Waals surface area contributed by atoms with Crippen molar-refractivity contribution in [2.45, 2.75) is 20.3 Å². The molecule has 0 bridgehead atoms. The molecule has 0 aliphatic heterocycles. The molecule has 0 aliphatic rings. The fourth-order valence-electron chi connectivity index (χ4n) is 2.14. The molecule has 0 spiro atoms. The first-order chi connectivity index (χ1) is 13.3. The highest BCUT2D eigenvalue weighted by Crippen LogP contribution is 2.25. The van der Waals surface area contributed by atoms with Crippen LogP contribution in [0.15, 0.2) is 47.6 Å². The van der Waals surface area contributed by atoms with Crippen molar-refractivity contribution in [2.75, 3.05) is 10.6 Å². The molecule has 0 radical (unpaired) electrons. The molecule has 0 aliphatic carbocycles. The Hall–Kier alpha value is -2.90. The molecule has 0 unspecified atom stereocenters. The van der Waals surface area contributed by atoms with Crippen LogP contribution in [0, 0.1) is 6.92 Å². The number of amides is 3. The zero-order valence-corrected chi connectivity index (χ0v) is 16.7. The molecule has 0 heterocycles. The molecule has 7 nitrogen and oxygen atoms in total. The lowest BCUT2D eigenvalue weighted by molar-refractivity contribution is -0.136. The van der Waals surface area contributed by atoms with Gasteiger partial charge >= 0.3 is 11.8 Å². The highest BCUT2D eigenvalue weighted by molar-refractivity contribution is 6.42. The number of hydrazone groups is 1. The van der Waals surface area contributed by atoms with Crippen LogP contribution in [-0.4, -0.2) is 23.4 Å². The van der Waals surface area contributed by atoms with Crippen LogP contribution in [0.4, 0.5) is 11.4 Å². The average molecular weight is 421 g/mol. The molecule has 0 atom stereocenters. The van der Waals surface area contributed by atoms with Crippen LogP contribution >= 0.6 is 23.2 Å². The second-order valence-electron chi connectivity index (χ2n) is 5.91. The summed E-state index contributed by atoms with van der Waals surface area (Å²) in [6.07, 6.45) is -0.0834. The number of hydrogen-bond donors (Lipinski definition) is 3. The van der Waals surface area contributed by atoms with Gasteiger partial charge in [-0.05, 0) is 43.7 Å². The van der Waals surface area contributed by atoms with E-state index < -0.39 is 11.8 Å². The Labute approximate surface area is 172 Å². The van der Waals surface area contributed by atoms with Crippen molar-refractivity contribution in [2.24, 2.45) is 5.10 Å². The molecule has 3 amide bonds. The van der Waals surface area contributed by atoms with Gasteiger partial charge in [-0.25, -0.2) is 5.43 Å². The third kappa shape index (κ3) is 6.37. The van der Waals surface area contributed by atoms with E-state index in [-0.39, 0.29) is 12.3 Å². The van der Waals surface area contributed by atoms with Gasteiger partial charge in [0.1, 0.15) is 0 Å². The maximum absolute atomic E-state index is 12.0. The van der Waals surface area contributed by atoms with Gasteiger partial charge in [-0.1, -0.05) is 41.4 Å². The second kappa shape index (κ2) is 9.87. The predicted octanol–water partition coefficient (Wildman–Crippen LogP) is 3.76. The van der Waals surface area contributed by atoms with E-state index in [0.29, 0.717) is 27.1 Å². The minimum absolute atomic E-state index is 0.0834. The fraction of sp³-hybridized carbons (Fsp3) is 0.158. The summed E-state index contributed by atoms with van der Waals surface area (Å²) < 4.78 is 0. The quantitative estimate of drug-likeness (QED) is 0.389. The Bertz CT molecular complexity index is 945. The van der Waals surface area contributed by atoms with Crippen molar-refractivity contribution in [3.8, 4) is 0 Å². The maximum Gasteiger partial charge on any atom is 0.329 e. The van der Waals surface area contributed by atoms with Gasteiger partial charge in [0.15, 0.2) is 0 Å². The summed E-state index contributed by atoms with van der Waals surface area (Å²) in [7, 11) is 0. The van der Waals surface area contributed by atoms with Crippen LogP contribution in [0.5, 0.6) is 0 Å². The zero-order chi connectivity index (χ0) is 20.7. The number of halogens is 2. The van der Waals surface area contributed by atoms with Crippen LogP contribution in [0.2, 0.25) is 10.0 Å². The van der Waals surface area contributed by atoms with Crippen molar-refractivity contribution >= 4 is 58.0 Å². The van der Waals surface area contributed by atoms with Gasteiger partial charge in [0.05, 0.1) is 16.5 Å². The van der Waals surface area contributed by atoms with Crippen molar-refractivity contribution in [3.05, 3.63) is 58.1 Å². The van der Waals surface area contributed by atoms with Gasteiger partial charge in [-0.15, -0.1) is 0 Å². The van der Waals surface area contributed by atoms with E-state index in [1.807, 2.05) is 19.1 Å². The Balaban J connectivity index is 1.86. The lowest BCUT2D eigenvalue weighted by Gasteiger charge is -2.08. The van der Waals surface area contributed by atoms with E-state index in [9.17, 15) is 14.4 Å². The number of benzene rings is 2. The average Bonchev–Trinajstić information content (AvgIpc) is 2.64.